The largest absolute Gasteiger partial charge is 0.462 e. The van der Waals surface area contributed by atoms with Gasteiger partial charge in [-0.1, -0.05) is 30.9 Å². The second kappa shape index (κ2) is 6.37. The Morgan fingerprint density at radius 1 is 1.47 bits per heavy atom. The average molecular weight is 240 g/mol. The first kappa shape index (κ1) is 13.7. The van der Waals surface area contributed by atoms with Gasteiger partial charge in [0.25, 0.3) is 6.43 Å². The molecular formula is C12H15BF2O2. The molecule has 0 aliphatic rings. The van der Waals surface area contributed by atoms with Crippen LogP contribution in [0.25, 0.3) is 0 Å². The van der Waals surface area contributed by atoms with E-state index in [9.17, 15) is 13.6 Å². The van der Waals surface area contributed by atoms with Crippen molar-refractivity contribution in [3.8, 4) is 0 Å². The van der Waals surface area contributed by atoms with Crippen LogP contribution in [0.3, 0.4) is 0 Å². The standard InChI is InChI=1S/C12H15BF2O2/c1-2-3-6-17-12(16)9-5-4-8(13)7-10(9)11(14)15/h4-5,7,11H,2-3,6,13H2,1H3. The molecule has 0 heterocycles. The van der Waals surface area contributed by atoms with Gasteiger partial charge in [0, 0.05) is 5.56 Å². The van der Waals surface area contributed by atoms with Crippen molar-refractivity contribution in [2.75, 3.05) is 6.61 Å². The van der Waals surface area contributed by atoms with Crippen molar-refractivity contribution in [1.29, 1.82) is 0 Å². The van der Waals surface area contributed by atoms with Gasteiger partial charge in [-0.05, 0) is 12.5 Å². The number of benzene rings is 1. The maximum Gasteiger partial charge on any atom is 0.338 e. The Balaban J connectivity index is 2.85. The average Bonchev–Trinajstić information content (AvgIpc) is 2.29. The summed E-state index contributed by atoms with van der Waals surface area (Å²) >= 11 is 0. The molecule has 0 aliphatic heterocycles. The summed E-state index contributed by atoms with van der Waals surface area (Å²) in [6.45, 7) is 2.23. The minimum atomic E-state index is -2.66. The van der Waals surface area contributed by atoms with Crippen molar-refractivity contribution in [1.82, 2.24) is 0 Å². The molecule has 0 fully saturated rings. The summed E-state index contributed by atoms with van der Waals surface area (Å²) in [6, 6.07) is 4.34. The zero-order valence-corrected chi connectivity index (χ0v) is 10.0. The Hall–Kier alpha value is -1.39. The van der Waals surface area contributed by atoms with Crippen LogP contribution in [-0.2, 0) is 4.74 Å². The van der Waals surface area contributed by atoms with Gasteiger partial charge in [-0.15, -0.1) is 0 Å². The number of halogens is 2. The number of ether oxygens (including phenoxy) is 1. The number of carbonyl (C=O) groups is 1. The van der Waals surface area contributed by atoms with Crippen molar-refractivity contribution >= 4 is 19.3 Å². The highest BCUT2D eigenvalue weighted by Crippen LogP contribution is 2.22. The maximum atomic E-state index is 12.7. The molecule has 0 atom stereocenters. The summed E-state index contributed by atoms with van der Waals surface area (Å²) < 4.78 is 30.4. The molecule has 1 aromatic carbocycles. The van der Waals surface area contributed by atoms with E-state index in [0.29, 0.717) is 5.46 Å². The molecule has 92 valence electrons. The molecule has 0 spiro atoms. The predicted octanol–water partition coefficient (Wildman–Crippen LogP) is 1.84. The SMILES string of the molecule is Bc1ccc(C(=O)OCCCC)c(C(F)F)c1. The lowest BCUT2D eigenvalue weighted by atomic mass is 9.92. The Morgan fingerprint density at radius 3 is 2.76 bits per heavy atom. The summed E-state index contributed by atoms with van der Waals surface area (Å²) in [5.41, 5.74) is 0.401. The van der Waals surface area contributed by atoms with E-state index in [1.165, 1.54) is 12.1 Å². The van der Waals surface area contributed by atoms with Crippen molar-refractivity contribution in [2.24, 2.45) is 0 Å². The molecule has 0 bridgehead atoms. The van der Waals surface area contributed by atoms with Crippen molar-refractivity contribution < 1.29 is 18.3 Å². The lowest BCUT2D eigenvalue weighted by molar-refractivity contribution is 0.0489. The number of unbranched alkanes of at least 4 members (excludes halogenated alkanes) is 1. The summed E-state index contributed by atoms with van der Waals surface area (Å²) in [5.74, 6) is -0.672. The second-order valence-electron chi connectivity index (χ2n) is 3.88. The molecule has 0 saturated carbocycles. The molecule has 0 radical (unpaired) electrons. The topological polar surface area (TPSA) is 26.3 Å². The Morgan fingerprint density at radius 2 is 2.18 bits per heavy atom. The lowest BCUT2D eigenvalue weighted by Gasteiger charge is -2.09. The van der Waals surface area contributed by atoms with E-state index in [-0.39, 0.29) is 17.7 Å². The number of rotatable bonds is 5. The van der Waals surface area contributed by atoms with Crippen LogP contribution in [0.5, 0.6) is 0 Å². The molecule has 1 rings (SSSR count). The predicted molar refractivity (Wildman–Crippen MR) is 64.8 cm³/mol. The van der Waals surface area contributed by atoms with E-state index >= 15 is 0 Å². The van der Waals surface area contributed by atoms with Crippen LogP contribution in [0.4, 0.5) is 8.78 Å². The third-order valence-corrected chi connectivity index (χ3v) is 2.39. The quantitative estimate of drug-likeness (QED) is 0.446. The first-order valence-electron chi connectivity index (χ1n) is 5.62. The van der Waals surface area contributed by atoms with Crippen molar-refractivity contribution in [3.63, 3.8) is 0 Å². The molecule has 0 amide bonds. The molecular weight excluding hydrogens is 225 g/mol. The molecule has 17 heavy (non-hydrogen) atoms. The summed E-state index contributed by atoms with van der Waals surface area (Å²) in [6.07, 6.45) is -1.03. The van der Waals surface area contributed by atoms with Crippen molar-refractivity contribution in [2.45, 2.75) is 26.2 Å². The smallest absolute Gasteiger partial charge is 0.338 e. The van der Waals surface area contributed by atoms with Crippen LogP contribution < -0.4 is 5.46 Å². The van der Waals surface area contributed by atoms with Gasteiger partial charge < -0.3 is 4.74 Å². The van der Waals surface area contributed by atoms with E-state index in [0.717, 1.165) is 12.8 Å². The van der Waals surface area contributed by atoms with Gasteiger partial charge >= 0.3 is 5.97 Å². The van der Waals surface area contributed by atoms with Gasteiger partial charge in [-0.3, -0.25) is 0 Å². The van der Waals surface area contributed by atoms with Crippen LogP contribution in [0.15, 0.2) is 18.2 Å². The molecule has 0 aromatic heterocycles. The second-order valence-corrected chi connectivity index (χ2v) is 3.88. The first-order valence-corrected chi connectivity index (χ1v) is 5.62. The molecule has 0 aliphatic carbocycles. The third-order valence-electron chi connectivity index (χ3n) is 2.39. The lowest BCUT2D eigenvalue weighted by Crippen LogP contribution is -2.13. The van der Waals surface area contributed by atoms with Crippen molar-refractivity contribution in [3.05, 3.63) is 29.3 Å². The van der Waals surface area contributed by atoms with Gasteiger partial charge in [0.1, 0.15) is 7.85 Å². The highest BCUT2D eigenvalue weighted by molar-refractivity contribution is 6.32. The van der Waals surface area contributed by atoms with Gasteiger partial charge in [-0.25, -0.2) is 13.6 Å². The number of hydrogen-bond acceptors (Lipinski definition) is 2. The van der Waals surface area contributed by atoms with Crippen LogP contribution in [0, 0.1) is 0 Å². The summed E-state index contributed by atoms with van der Waals surface area (Å²) in [7, 11) is 1.71. The Kier molecular flexibility index (Phi) is 5.13. The van der Waals surface area contributed by atoms with Crippen LogP contribution in [-0.4, -0.2) is 20.4 Å². The number of carbonyl (C=O) groups excluding carboxylic acids is 1. The van der Waals surface area contributed by atoms with Crippen LogP contribution in [0.2, 0.25) is 0 Å². The summed E-state index contributed by atoms with van der Waals surface area (Å²) in [4.78, 5) is 11.6. The highest BCUT2D eigenvalue weighted by Gasteiger charge is 2.19. The minimum Gasteiger partial charge on any atom is -0.462 e. The highest BCUT2D eigenvalue weighted by atomic mass is 19.3. The molecule has 1 aromatic rings. The van der Waals surface area contributed by atoms with E-state index in [1.807, 2.05) is 6.92 Å². The molecule has 2 nitrogen and oxygen atoms in total. The van der Waals surface area contributed by atoms with E-state index in [1.54, 1.807) is 13.9 Å². The zero-order chi connectivity index (χ0) is 12.8. The number of alkyl halides is 2. The molecule has 5 heteroatoms. The fraction of sp³-hybridized carbons (Fsp3) is 0.417. The fourth-order valence-corrected chi connectivity index (χ4v) is 1.44. The molecule has 0 N–H and O–H groups in total. The Bertz CT molecular complexity index is 394. The molecule has 0 saturated heterocycles. The molecule has 0 unspecified atom stereocenters. The van der Waals surface area contributed by atoms with Gasteiger partial charge in [0.2, 0.25) is 0 Å². The minimum absolute atomic E-state index is 0.0401. The maximum absolute atomic E-state index is 12.7. The van der Waals surface area contributed by atoms with Crippen LogP contribution in [0.1, 0.15) is 42.1 Å². The number of esters is 1. The first-order chi connectivity index (χ1) is 8.06. The normalized spacial score (nSPS) is 10.6. The monoisotopic (exact) mass is 240 g/mol. The van der Waals surface area contributed by atoms with Gasteiger partial charge in [0.15, 0.2) is 0 Å². The van der Waals surface area contributed by atoms with E-state index < -0.39 is 12.4 Å². The van der Waals surface area contributed by atoms with Gasteiger partial charge in [0.05, 0.1) is 12.2 Å². The Labute approximate surface area is 100 Å². The fourth-order valence-electron chi connectivity index (χ4n) is 1.44. The summed E-state index contributed by atoms with van der Waals surface area (Å²) in [5, 5.41) is 0. The van der Waals surface area contributed by atoms with E-state index in [2.05, 4.69) is 0 Å². The third kappa shape index (κ3) is 3.84. The van der Waals surface area contributed by atoms with Gasteiger partial charge in [-0.2, -0.15) is 0 Å². The number of hydrogen-bond donors (Lipinski definition) is 0. The van der Waals surface area contributed by atoms with Crippen LogP contribution >= 0.6 is 0 Å². The van der Waals surface area contributed by atoms with E-state index in [4.69, 9.17) is 4.74 Å². The zero-order valence-electron chi connectivity index (χ0n) is 10.0.